The first kappa shape index (κ1) is 14.7. The van der Waals surface area contributed by atoms with Crippen molar-refractivity contribution in [3.05, 3.63) is 63.2 Å². The third-order valence-corrected chi connectivity index (χ3v) is 3.18. The highest BCUT2D eigenvalue weighted by atomic mass is 32.1. The number of hydrogen-bond donors (Lipinski definition) is 1. The summed E-state index contributed by atoms with van der Waals surface area (Å²) in [6.07, 6.45) is 4.52. The van der Waals surface area contributed by atoms with Crippen LogP contribution in [0.4, 0.5) is 5.69 Å². The maximum atomic E-state index is 10.6. The van der Waals surface area contributed by atoms with Crippen LogP contribution in [0.15, 0.2) is 42.0 Å². The van der Waals surface area contributed by atoms with Crippen LogP contribution in [0.3, 0.4) is 0 Å². The third kappa shape index (κ3) is 3.35. The minimum Gasteiger partial charge on any atom is -0.258 e. The molecular formula is C12H10N8O2S. The predicted molar refractivity (Wildman–Crippen MR) is 82.6 cm³/mol. The van der Waals surface area contributed by atoms with Gasteiger partial charge in [0.15, 0.2) is 5.82 Å². The van der Waals surface area contributed by atoms with Gasteiger partial charge in [-0.25, -0.2) is 9.67 Å². The quantitative estimate of drug-likeness (QED) is 0.326. The molecule has 1 aromatic carbocycles. The fourth-order valence-electron chi connectivity index (χ4n) is 1.81. The van der Waals surface area contributed by atoms with Crippen LogP contribution in [0.2, 0.25) is 0 Å². The zero-order chi connectivity index (χ0) is 16.2. The van der Waals surface area contributed by atoms with Crippen LogP contribution in [-0.4, -0.2) is 40.8 Å². The van der Waals surface area contributed by atoms with Gasteiger partial charge in [-0.05, 0) is 29.9 Å². The molecule has 1 N–H and O–H groups in total. The zero-order valence-corrected chi connectivity index (χ0v) is 12.4. The van der Waals surface area contributed by atoms with Crippen molar-refractivity contribution < 1.29 is 4.92 Å². The number of H-pyrrole nitrogens is 1. The Morgan fingerprint density at radius 2 is 2.17 bits per heavy atom. The molecule has 0 aliphatic carbocycles. The van der Waals surface area contributed by atoms with Gasteiger partial charge < -0.3 is 0 Å². The maximum Gasteiger partial charge on any atom is 0.269 e. The van der Waals surface area contributed by atoms with E-state index in [0.717, 1.165) is 0 Å². The minimum absolute atomic E-state index is 0.0222. The number of non-ortho nitro benzene ring substituents is 1. The number of nitrogens with one attached hydrogen (secondary N) is 1. The van der Waals surface area contributed by atoms with E-state index < -0.39 is 4.92 Å². The minimum atomic E-state index is -0.455. The lowest BCUT2D eigenvalue weighted by atomic mass is 10.2. The molecule has 0 spiro atoms. The summed E-state index contributed by atoms with van der Waals surface area (Å²) in [5, 5.41) is 25.6. The first-order valence-corrected chi connectivity index (χ1v) is 6.82. The first-order chi connectivity index (χ1) is 11.1. The molecule has 0 aliphatic rings. The lowest BCUT2D eigenvalue weighted by Crippen LogP contribution is -2.06. The van der Waals surface area contributed by atoms with Gasteiger partial charge in [0.2, 0.25) is 4.77 Å². The number of nitro groups is 1. The Hall–Kier alpha value is -3.21. The summed E-state index contributed by atoms with van der Waals surface area (Å²) in [7, 11) is 0. The average molecular weight is 330 g/mol. The Bertz CT molecular complexity index is 894. The second kappa shape index (κ2) is 6.27. The molecule has 0 bridgehead atoms. The Balaban J connectivity index is 1.83. The molecule has 23 heavy (non-hydrogen) atoms. The van der Waals surface area contributed by atoms with Gasteiger partial charge in [0.25, 0.3) is 5.69 Å². The van der Waals surface area contributed by atoms with Crippen molar-refractivity contribution in [1.82, 2.24) is 29.6 Å². The molecule has 0 unspecified atom stereocenters. The molecule has 2 aromatic heterocycles. The van der Waals surface area contributed by atoms with Gasteiger partial charge in [0.05, 0.1) is 11.1 Å². The smallest absolute Gasteiger partial charge is 0.258 e. The van der Waals surface area contributed by atoms with Gasteiger partial charge >= 0.3 is 0 Å². The molecule has 0 fully saturated rings. The van der Waals surface area contributed by atoms with Crippen molar-refractivity contribution in [3.63, 3.8) is 0 Å². The molecule has 0 aliphatic heterocycles. The number of aromatic nitrogens is 6. The molecule has 0 atom stereocenters. The van der Waals surface area contributed by atoms with Gasteiger partial charge in [0, 0.05) is 12.1 Å². The zero-order valence-electron chi connectivity index (χ0n) is 11.6. The molecule has 3 aromatic rings. The fourth-order valence-corrected chi connectivity index (χ4v) is 2.01. The van der Waals surface area contributed by atoms with Gasteiger partial charge in [-0.2, -0.15) is 20.0 Å². The van der Waals surface area contributed by atoms with E-state index in [1.165, 1.54) is 23.1 Å². The van der Waals surface area contributed by atoms with Crippen molar-refractivity contribution in [1.29, 1.82) is 0 Å². The SMILES string of the molecule is O=[N+]([O-])c1ccc(/C=N/n2c(Cn3cncn3)n[nH]c2=S)cc1. The van der Waals surface area contributed by atoms with E-state index in [4.69, 9.17) is 12.2 Å². The molecule has 10 nitrogen and oxygen atoms in total. The molecule has 0 radical (unpaired) electrons. The first-order valence-electron chi connectivity index (χ1n) is 6.41. The Labute approximate surface area is 134 Å². The van der Waals surface area contributed by atoms with Crippen molar-refractivity contribution in [2.24, 2.45) is 5.10 Å². The summed E-state index contributed by atoms with van der Waals surface area (Å²) in [5.74, 6) is 0.554. The predicted octanol–water partition coefficient (Wildman–Crippen LogP) is 1.37. The van der Waals surface area contributed by atoms with Crippen LogP contribution in [0.25, 0.3) is 0 Å². The second-order valence-electron chi connectivity index (χ2n) is 4.44. The van der Waals surface area contributed by atoms with E-state index in [9.17, 15) is 10.1 Å². The normalized spacial score (nSPS) is 11.1. The largest absolute Gasteiger partial charge is 0.269 e. The fraction of sp³-hybridized carbons (Fsp3) is 0.0833. The lowest BCUT2D eigenvalue weighted by molar-refractivity contribution is -0.384. The van der Waals surface area contributed by atoms with Crippen molar-refractivity contribution in [2.75, 3.05) is 0 Å². The van der Waals surface area contributed by atoms with E-state index in [2.05, 4.69) is 25.4 Å². The summed E-state index contributed by atoms with van der Waals surface area (Å²) >= 11 is 5.14. The Kier molecular flexibility index (Phi) is 4.01. The molecule has 0 saturated heterocycles. The van der Waals surface area contributed by atoms with E-state index >= 15 is 0 Å². The van der Waals surface area contributed by atoms with Crippen LogP contribution >= 0.6 is 12.2 Å². The van der Waals surface area contributed by atoms with Gasteiger partial charge in [0.1, 0.15) is 19.2 Å². The number of nitro benzene ring substituents is 1. The van der Waals surface area contributed by atoms with Crippen molar-refractivity contribution in [2.45, 2.75) is 6.54 Å². The van der Waals surface area contributed by atoms with E-state index in [1.54, 1.807) is 29.4 Å². The van der Waals surface area contributed by atoms with Gasteiger partial charge in [-0.3, -0.25) is 15.2 Å². The van der Waals surface area contributed by atoms with Crippen LogP contribution in [0.1, 0.15) is 11.4 Å². The van der Waals surface area contributed by atoms with Crippen LogP contribution in [0, 0.1) is 14.9 Å². The lowest BCUT2D eigenvalue weighted by Gasteiger charge is -2.00. The molecule has 11 heteroatoms. The number of hydrogen-bond acceptors (Lipinski definition) is 7. The standard InChI is InChI=1S/C12H10N8O2S/c21-20(22)10-3-1-9(2-4-10)5-14-19-11(16-17-12(19)23)6-18-8-13-7-15-18/h1-5,7-8H,6H2,(H,17,23)/b14-5+. The number of rotatable bonds is 5. The van der Waals surface area contributed by atoms with Gasteiger partial charge in [-0.1, -0.05) is 0 Å². The average Bonchev–Trinajstić information content (AvgIpc) is 3.17. The monoisotopic (exact) mass is 330 g/mol. The highest BCUT2D eigenvalue weighted by Gasteiger charge is 2.07. The molecule has 0 amide bonds. The molecule has 0 saturated carbocycles. The van der Waals surface area contributed by atoms with E-state index in [1.807, 2.05) is 0 Å². The van der Waals surface area contributed by atoms with E-state index in [-0.39, 0.29) is 5.69 Å². The van der Waals surface area contributed by atoms with E-state index in [0.29, 0.717) is 22.7 Å². The molecule has 116 valence electrons. The molecule has 3 rings (SSSR count). The summed E-state index contributed by atoms with van der Waals surface area (Å²) in [6.45, 7) is 0.352. The Morgan fingerprint density at radius 1 is 1.39 bits per heavy atom. The van der Waals surface area contributed by atoms with Crippen LogP contribution in [-0.2, 0) is 6.54 Å². The summed E-state index contributed by atoms with van der Waals surface area (Å²) in [6, 6.07) is 6.02. The summed E-state index contributed by atoms with van der Waals surface area (Å²) in [4.78, 5) is 14.0. The Morgan fingerprint density at radius 3 is 2.83 bits per heavy atom. The highest BCUT2D eigenvalue weighted by Crippen LogP contribution is 2.10. The van der Waals surface area contributed by atoms with Crippen LogP contribution in [0.5, 0.6) is 0 Å². The topological polar surface area (TPSA) is 120 Å². The number of benzene rings is 1. The molecule has 2 heterocycles. The van der Waals surface area contributed by atoms with Gasteiger partial charge in [-0.15, -0.1) is 0 Å². The van der Waals surface area contributed by atoms with Crippen molar-refractivity contribution in [3.8, 4) is 0 Å². The number of aromatic amines is 1. The van der Waals surface area contributed by atoms with Crippen molar-refractivity contribution >= 4 is 24.1 Å². The summed E-state index contributed by atoms with van der Waals surface area (Å²) < 4.78 is 3.37. The number of nitrogens with zero attached hydrogens (tertiary/aromatic N) is 7. The van der Waals surface area contributed by atoms with Crippen LogP contribution < -0.4 is 0 Å². The molecular weight excluding hydrogens is 320 g/mol. The third-order valence-electron chi connectivity index (χ3n) is 2.91. The second-order valence-corrected chi connectivity index (χ2v) is 4.83. The maximum absolute atomic E-state index is 10.6. The highest BCUT2D eigenvalue weighted by molar-refractivity contribution is 7.71. The summed E-state index contributed by atoms with van der Waals surface area (Å²) in [5.41, 5.74) is 0.722.